The van der Waals surface area contributed by atoms with Gasteiger partial charge < -0.3 is 31.0 Å². The molecule has 0 spiro atoms. The number of amides is 4. The highest BCUT2D eigenvalue weighted by molar-refractivity contribution is 5.98. The van der Waals surface area contributed by atoms with Gasteiger partial charge in [0.05, 0.1) is 37.4 Å². The minimum absolute atomic E-state index is 0.00508. The molecule has 1 saturated heterocycles. The first kappa shape index (κ1) is 40.7. The Kier molecular flexibility index (Phi) is 13.0. The number of carbonyl (C=O) groups excluding carboxylic acids is 4. The van der Waals surface area contributed by atoms with Crippen LogP contribution in [0.2, 0.25) is 0 Å². The number of alkyl halides is 3. The molecule has 2 aliphatic rings. The molecule has 11 nitrogen and oxygen atoms in total. The molecule has 2 aromatic carbocycles. The van der Waals surface area contributed by atoms with Crippen LogP contribution in [0.5, 0.6) is 0 Å². The van der Waals surface area contributed by atoms with Gasteiger partial charge in [0.1, 0.15) is 23.4 Å². The van der Waals surface area contributed by atoms with Crippen molar-refractivity contribution in [3.05, 3.63) is 70.7 Å². The zero-order chi connectivity index (χ0) is 39.2. The first-order chi connectivity index (χ1) is 25.7. The number of aromatic nitrogens is 1. The van der Waals surface area contributed by atoms with Crippen molar-refractivity contribution in [1.29, 1.82) is 0 Å². The molecule has 3 aromatic rings. The van der Waals surface area contributed by atoms with Crippen molar-refractivity contribution in [1.82, 2.24) is 31.2 Å². The summed E-state index contributed by atoms with van der Waals surface area (Å²) in [4.78, 5) is 60.9. The lowest BCUT2D eigenvalue weighted by molar-refractivity contribution is -0.139. The molecule has 0 radical (unpaired) electrons. The number of hydrogen-bond donors (Lipinski definition) is 5. The number of carbonyl (C=O) groups is 4. The Morgan fingerprint density at radius 2 is 1.57 bits per heavy atom. The van der Waals surface area contributed by atoms with Crippen molar-refractivity contribution in [3.8, 4) is 0 Å². The lowest BCUT2D eigenvalue weighted by Crippen LogP contribution is -2.67. The normalized spacial score (nSPS) is 19.9. The quantitative estimate of drug-likeness (QED) is 0.155. The van der Waals surface area contributed by atoms with E-state index < -0.39 is 58.8 Å². The fraction of sp³-hybridized carbons (Fsp3) is 0.538. The first-order valence-corrected chi connectivity index (χ1v) is 18.6. The third kappa shape index (κ3) is 9.41. The van der Waals surface area contributed by atoms with Gasteiger partial charge in [-0.05, 0) is 54.0 Å². The van der Waals surface area contributed by atoms with E-state index in [0.29, 0.717) is 56.0 Å². The van der Waals surface area contributed by atoms with Crippen LogP contribution in [0.1, 0.15) is 69.3 Å². The maximum Gasteiger partial charge on any atom is 0.418 e. The van der Waals surface area contributed by atoms with Crippen molar-refractivity contribution in [2.24, 2.45) is 11.8 Å². The SMILES string of the molecule is CCC(C)[C@H](NC(=O)Cc1ccc(F)cc1)C(=O)N[C@]1(C(=O)N[C@H](C(=O)NCN2CCOCC2)C(C)CC)CCc2[nH]c3c(C(F)(F)F)cccc3c2C1. The van der Waals surface area contributed by atoms with Crippen molar-refractivity contribution >= 4 is 34.5 Å². The lowest BCUT2D eigenvalue weighted by Gasteiger charge is -2.40. The van der Waals surface area contributed by atoms with Crippen LogP contribution < -0.4 is 21.3 Å². The number of nitrogens with one attached hydrogen (secondary N) is 5. The van der Waals surface area contributed by atoms with Crippen LogP contribution in [0.25, 0.3) is 10.9 Å². The van der Waals surface area contributed by atoms with Crippen LogP contribution in [-0.4, -0.2) is 84.1 Å². The number of aryl methyl sites for hydroxylation is 1. The van der Waals surface area contributed by atoms with Gasteiger partial charge in [0.25, 0.3) is 0 Å². The summed E-state index contributed by atoms with van der Waals surface area (Å²) in [5.41, 5.74) is -1.14. The van der Waals surface area contributed by atoms with Gasteiger partial charge in [0.15, 0.2) is 0 Å². The maximum absolute atomic E-state index is 14.7. The molecule has 54 heavy (non-hydrogen) atoms. The Morgan fingerprint density at radius 1 is 0.926 bits per heavy atom. The molecule has 1 fully saturated rings. The zero-order valence-electron chi connectivity index (χ0n) is 31.1. The molecule has 5 rings (SSSR count). The minimum Gasteiger partial charge on any atom is -0.379 e. The number of morpholine rings is 1. The van der Waals surface area contributed by atoms with Crippen molar-refractivity contribution in [2.75, 3.05) is 33.0 Å². The summed E-state index contributed by atoms with van der Waals surface area (Å²) in [6.45, 7) is 9.94. The predicted molar refractivity (Wildman–Crippen MR) is 194 cm³/mol. The Hall–Kier alpha value is -4.50. The second-order valence-corrected chi connectivity index (χ2v) is 14.6. The molecule has 15 heteroatoms. The molecule has 2 heterocycles. The number of ether oxygens (including phenoxy) is 1. The second kappa shape index (κ2) is 17.3. The molecular formula is C39H50F4N6O5. The van der Waals surface area contributed by atoms with Crippen molar-refractivity contribution in [2.45, 2.75) is 90.0 Å². The molecule has 4 amide bonds. The summed E-state index contributed by atoms with van der Waals surface area (Å²) >= 11 is 0. The molecule has 0 bridgehead atoms. The van der Waals surface area contributed by atoms with E-state index in [9.17, 15) is 36.7 Å². The van der Waals surface area contributed by atoms with E-state index in [2.05, 4.69) is 26.3 Å². The Bertz CT molecular complexity index is 1810. The van der Waals surface area contributed by atoms with E-state index in [4.69, 9.17) is 4.74 Å². The maximum atomic E-state index is 14.7. The van der Waals surface area contributed by atoms with Gasteiger partial charge >= 0.3 is 6.18 Å². The van der Waals surface area contributed by atoms with Crippen LogP contribution >= 0.6 is 0 Å². The number of rotatable bonds is 14. The summed E-state index contributed by atoms with van der Waals surface area (Å²) in [6.07, 6.45) is -3.77. The van der Waals surface area contributed by atoms with E-state index in [0.717, 1.165) is 6.07 Å². The van der Waals surface area contributed by atoms with Crippen molar-refractivity contribution in [3.63, 3.8) is 0 Å². The summed E-state index contributed by atoms with van der Waals surface area (Å²) in [7, 11) is 0. The van der Waals surface area contributed by atoms with E-state index in [1.54, 1.807) is 13.0 Å². The fourth-order valence-electron chi connectivity index (χ4n) is 7.13. The highest BCUT2D eigenvalue weighted by atomic mass is 19.4. The average molecular weight is 759 g/mol. The molecule has 1 aliphatic carbocycles. The van der Waals surface area contributed by atoms with Gasteiger partial charge in [0, 0.05) is 30.6 Å². The van der Waals surface area contributed by atoms with E-state index in [1.807, 2.05) is 25.7 Å². The van der Waals surface area contributed by atoms with Crippen LogP contribution in [0, 0.1) is 17.7 Å². The summed E-state index contributed by atoms with van der Waals surface area (Å²) in [5.74, 6) is -3.36. The molecular weight excluding hydrogens is 708 g/mol. The summed E-state index contributed by atoms with van der Waals surface area (Å²) in [5, 5.41) is 11.9. The van der Waals surface area contributed by atoms with E-state index in [1.165, 1.54) is 30.3 Å². The number of benzene rings is 2. The topological polar surface area (TPSA) is 145 Å². The number of fused-ring (bicyclic) bond motifs is 3. The van der Waals surface area contributed by atoms with Gasteiger partial charge in [-0.15, -0.1) is 0 Å². The number of para-hydroxylation sites is 1. The molecule has 5 atom stereocenters. The van der Waals surface area contributed by atoms with E-state index >= 15 is 0 Å². The number of nitrogens with zero attached hydrogens (tertiary/aromatic N) is 1. The lowest BCUT2D eigenvalue weighted by atomic mass is 9.78. The van der Waals surface area contributed by atoms with Gasteiger partial charge in [-0.1, -0.05) is 64.8 Å². The molecule has 294 valence electrons. The number of H-pyrrole nitrogens is 1. The highest BCUT2D eigenvalue weighted by Gasteiger charge is 2.47. The Morgan fingerprint density at radius 3 is 2.20 bits per heavy atom. The zero-order valence-corrected chi connectivity index (χ0v) is 31.1. The first-order valence-electron chi connectivity index (χ1n) is 18.6. The third-order valence-electron chi connectivity index (χ3n) is 10.9. The molecule has 1 aromatic heterocycles. The van der Waals surface area contributed by atoms with Crippen LogP contribution in [0.3, 0.4) is 0 Å². The van der Waals surface area contributed by atoms with Gasteiger partial charge in [-0.25, -0.2) is 4.39 Å². The molecule has 2 unspecified atom stereocenters. The van der Waals surface area contributed by atoms with Gasteiger partial charge in [-0.2, -0.15) is 13.2 Å². The molecule has 1 aliphatic heterocycles. The molecule has 0 saturated carbocycles. The fourth-order valence-corrected chi connectivity index (χ4v) is 7.13. The highest BCUT2D eigenvalue weighted by Crippen LogP contribution is 2.40. The van der Waals surface area contributed by atoms with Crippen LogP contribution in [-0.2, 0) is 49.4 Å². The third-order valence-corrected chi connectivity index (χ3v) is 10.9. The number of halogens is 4. The number of aromatic amines is 1. The Labute approximate surface area is 312 Å². The van der Waals surface area contributed by atoms with E-state index in [-0.39, 0.29) is 55.1 Å². The Balaban J connectivity index is 1.47. The minimum atomic E-state index is -4.64. The van der Waals surface area contributed by atoms with Crippen LogP contribution in [0.4, 0.5) is 17.6 Å². The summed E-state index contributed by atoms with van der Waals surface area (Å²) in [6, 6.07) is 7.19. The average Bonchev–Trinajstić information content (AvgIpc) is 3.52. The second-order valence-electron chi connectivity index (χ2n) is 14.6. The van der Waals surface area contributed by atoms with Gasteiger partial charge in [0.2, 0.25) is 23.6 Å². The standard InChI is InChI=1S/C39H50F4N6O5/c1-5-23(3)32(35(51)44-22-49-16-18-54-19-17-49)47-37(53)38(15-14-30-28(21-38)27-8-7-9-29(34(27)45-30)39(41,42)43)48-36(52)33(24(4)6-2)46-31(50)20-25-10-12-26(40)13-11-25/h7-13,23-24,32-33,45H,5-6,14-22H2,1-4H3,(H,44,51)(H,46,50)(H,47,53)(H,48,52)/t23?,24?,32-,33-,38+/m0/s1. The monoisotopic (exact) mass is 758 g/mol. The molecule has 5 N–H and O–H groups in total. The smallest absolute Gasteiger partial charge is 0.379 e. The van der Waals surface area contributed by atoms with Crippen molar-refractivity contribution < 1.29 is 41.5 Å². The van der Waals surface area contributed by atoms with Crippen LogP contribution in [0.15, 0.2) is 42.5 Å². The summed E-state index contributed by atoms with van der Waals surface area (Å²) < 4.78 is 61.1. The largest absolute Gasteiger partial charge is 0.418 e. The van der Waals surface area contributed by atoms with Gasteiger partial charge in [-0.3, -0.25) is 24.1 Å². The predicted octanol–water partition coefficient (Wildman–Crippen LogP) is 4.38. The number of hydrogen-bond acceptors (Lipinski definition) is 6.